The first-order chi connectivity index (χ1) is 11.9. The molecule has 118 valence electrons. The third-order valence-electron chi connectivity index (χ3n) is 4.60. The van der Waals surface area contributed by atoms with Gasteiger partial charge < -0.3 is 9.09 Å². The second-order valence-electron chi connectivity index (χ2n) is 6.16. The number of aromatic nitrogens is 6. The Bertz CT molecular complexity index is 1070. The summed E-state index contributed by atoms with van der Waals surface area (Å²) in [5.74, 6) is 2.76. The fourth-order valence-corrected chi connectivity index (χ4v) is 4.11. The molecule has 0 unspecified atom stereocenters. The summed E-state index contributed by atoms with van der Waals surface area (Å²) in [5.41, 5.74) is 2.89. The minimum Gasteiger partial charge on any atom is -0.332 e. The Morgan fingerprint density at radius 2 is 2.21 bits per heavy atom. The lowest BCUT2D eigenvalue weighted by atomic mass is 10.3. The van der Waals surface area contributed by atoms with Gasteiger partial charge in [-0.1, -0.05) is 5.16 Å². The molecule has 0 amide bonds. The van der Waals surface area contributed by atoms with Crippen LogP contribution in [0.4, 0.5) is 0 Å². The molecule has 4 aromatic rings. The van der Waals surface area contributed by atoms with E-state index in [1.807, 2.05) is 18.7 Å². The summed E-state index contributed by atoms with van der Waals surface area (Å²) in [6.45, 7) is 0.674. The first-order valence-corrected chi connectivity index (χ1v) is 8.76. The highest BCUT2D eigenvalue weighted by Gasteiger charge is 2.31. The maximum atomic E-state index is 5.50. The fraction of sp³-hybridized carbons (Fsp3) is 0.250. The van der Waals surface area contributed by atoms with Gasteiger partial charge in [0.25, 0.3) is 5.89 Å². The van der Waals surface area contributed by atoms with E-state index in [1.54, 1.807) is 11.3 Å². The second-order valence-corrected chi connectivity index (χ2v) is 7.07. The zero-order chi connectivity index (χ0) is 15.7. The SMILES string of the molecule is c1cn2c(n1)-c1sccc1-n1cnc(-c3nc(C4CC4)no3)c1C2. The number of imidazole rings is 2. The number of thiophene rings is 1. The van der Waals surface area contributed by atoms with E-state index in [0.29, 0.717) is 18.4 Å². The molecule has 1 aliphatic carbocycles. The summed E-state index contributed by atoms with van der Waals surface area (Å²) in [6, 6.07) is 2.10. The highest BCUT2D eigenvalue weighted by atomic mass is 32.1. The van der Waals surface area contributed by atoms with Gasteiger partial charge in [0, 0.05) is 18.3 Å². The van der Waals surface area contributed by atoms with Crippen molar-refractivity contribution < 1.29 is 4.52 Å². The average molecular weight is 336 g/mol. The van der Waals surface area contributed by atoms with Crippen LogP contribution in [0.2, 0.25) is 0 Å². The van der Waals surface area contributed by atoms with Gasteiger partial charge in [-0.2, -0.15) is 4.98 Å². The van der Waals surface area contributed by atoms with Gasteiger partial charge in [0.2, 0.25) is 0 Å². The Hall–Kier alpha value is -2.74. The minimum absolute atomic E-state index is 0.465. The Labute approximate surface area is 140 Å². The van der Waals surface area contributed by atoms with E-state index in [-0.39, 0.29) is 0 Å². The molecule has 7 nitrogen and oxygen atoms in total. The largest absolute Gasteiger partial charge is 0.332 e. The molecule has 1 aliphatic heterocycles. The van der Waals surface area contributed by atoms with E-state index in [2.05, 4.69) is 40.7 Å². The molecule has 1 saturated carbocycles. The van der Waals surface area contributed by atoms with Gasteiger partial charge in [-0.05, 0) is 24.3 Å². The molecule has 0 saturated heterocycles. The number of hydrogen-bond acceptors (Lipinski definition) is 6. The molecule has 2 aliphatic rings. The molecule has 0 radical (unpaired) electrons. The lowest BCUT2D eigenvalue weighted by molar-refractivity contribution is 0.421. The molecule has 1 fully saturated rings. The Morgan fingerprint density at radius 1 is 1.25 bits per heavy atom. The molecular weight excluding hydrogens is 324 g/mol. The van der Waals surface area contributed by atoms with Crippen molar-refractivity contribution in [1.29, 1.82) is 0 Å². The number of rotatable bonds is 2. The van der Waals surface area contributed by atoms with Gasteiger partial charge in [0.15, 0.2) is 17.3 Å². The Kier molecular flexibility index (Phi) is 2.33. The standard InChI is InChI=1S/C16H12N6OS/c1-2-9(1)14-19-16(23-20-14)12-11-7-21-5-4-17-15(21)13-10(3-6-24-13)22(11)8-18-12/h3-6,8-9H,1-2,7H2. The summed E-state index contributed by atoms with van der Waals surface area (Å²) >= 11 is 1.69. The molecule has 0 spiro atoms. The molecule has 0 bridgehead atoms. The van der Waals surface area contributed by atoms with Crippen LogP contribution in [0.1, 0.15) is 30.3 Å². The quantitative estimate of drug-likeness (QED) is 0.495. The summed E-state index contributed by atoms with van der Waals surface area (Å²) in [4.78, 5) is 14.8. The van der Waals surface area contributed by atoms with Crippen molar-refractivity contribution in [1.82, 2.24) is 29.2 Å². The third-order valence-corrected chi connectivity index (χ3v) is 5.50. The van der Waals surface area contributed by atoms with E-state index >= 15 is 0 Å². The molecule has 0 atom stereocenters. The van der Waals surface area contributed by atoms with Crippen LogP contribution in [0.15, 0.2) is 34.7 Å². The summed E-state index contributed by atoms with van der Waals surface area (Å²) in [5, 5.41) is 6.20. The van der Waals surface area contributed by atoms with Crippen LogP contribution < -0.4 is 0 Å². The van der Waals surface area contributed by atoms with Crippen LogP contribution in [0.5, 0.6) is 0 Å². The van der Waals surface area contributed by atoms with Gasteiger partial charge in [0.1, 0.15) is 6.33 Å². The predicted octanol–water partition coefficient (Wildman–Crippen LogP) is 3.09. The average Bonchev–Trinajstić information content (AvgIpc) is 3.04. The summed E-state index contributed by atoms with van der Waals surface area (Å²) in [6.07, 6.45) is 7.97. The smallest absolute Gasteiger partial charge is 0.278 e. The van der Waals surface area contributed by atoms with Crippen LogP contribution >= 0.6 is 11.3 Å². The summed E-state index contributed by atoms with van der Waals surface area (Å²) < 4.78 is 9.74. The van der Waals surface area contributed by atoms with Gasteiger partial charge in [-0.25, -0.2) is 9.97 Å². The molecule has 8 heteroatoms. The van der Waals surface area contributed by atoms with Crippen molar-refractivity contribution in [2.75, 3.05) is 0 Å². The van der Waals surface area contributed by atoms with E-state index in [4.69, 9.17) is 4.52 Å². The molecule has 6 rings (SSSR count). The second kappa shape index (κ2) is 4.41. The number of fused-ring (bicyclic) bond motifs is 5. The third kappa shape index (κ3) is 1.66. The Balaban J connectivity index is 1.56. The minimum atomic E-state index is 0.465. The van der Waals surface area contributed by atoms with Crippen LogP contribution in [-0.4, -0.2) is 29.2 Å². The molecule has 0 N–H and O–H groups in total. The molecule has 24 heavy (non-hydrogen) atoms. The zero-order valence-electron chi connectivity index (χ0n) is 12.6. The topological polar surface area (TPSA) is 74.6 Å². The van der Waals surface area contributed by atoms with E-state index < -0.39 is 0 Å². The van der Waals surface area contributed by atoms with Gasteiger partial charge in [-0.15, -0.1) is 11.3 Å². The summed E-state index contributed by atoms with van der Waals surface area (Å²) in [7, 11) is 0. The zero-order valence-corrected chi connectivity index (χ0v) is 13.4. The highest BCUT2D eigenvalue weighted by molar-refractivity contribution is 7.14. The van der Waals surface area contributed by atoms with Gasteiger partial charge in [-0.3, -0.25) is 4.57 Å². The maximum Gasteiger partial charge on any atom is 0.278 e. The molecule has 5 heterocycles. The molecule has 4 aromatic heterocycles. The number of hydrogen-bond donors (Lipinski definition) is 0. The lowest BCUT2D eigenvalue weighted by Gasteiger charge is -2.05. The van der Waals surface area contributed by atoms with Crippen molar-refractivity contribution in [2.45, 2.75) is 25.3 Å². The highest BCUT2D eigenvalue weighted by Crippen LogP contribution is 2.40. The van der Waals surface area contributed by atoms with Crippen LogP contribution in [0.25, 0.3) is 28.0 Å². The monoisotopic (exact) mass is 336 g/mol. The first kappa shape index (κ1) is 12.7. The molecular formula is C16H12N6OS. The van der Waals surface area contributed by atoms with Crippen molar-refractivity contribution in [3.8, 4) is 28.0 Å². The predicted molar refractivity (Wildman–Crippen MR) is 87.0 cm³/mol. The fourth-order valence-electron chi connectivity index (χ4n) is 3.22. The first-order valence-electron chi connectivity index (χ1n) is 7.88. The maximum absolute atomic E-state index is 5.50. The van der Waals surface area contributed by atoms with E-state index in [1.165, 1.54) is 0 Å². The van der Waals surface area contributed by atoms with Crippen LogP contribution in [0, 0.1) is 0 Å². The van der Waals surface area contributed by atoms with Gasteiger partial charge >= 0.3 is 0 Å². The van der Waals surface area contributed by atoms with E-state index in [9.17, 15) is 0 Å². The van der Waals surface area contributed by atoms with Crippen molar-refractivity contribution in [3.63, 3.8) is 0 Å². The van der Waals surface area contributed by atoms with E-state index in [0.717, 1.165) is 46.4 Å². The van der Waals surface area contributed by atoms with Crippen molar-refractivity contribution in [2.24, 2.45) is 0 Å². The molecule has 0 aromatic carbocycles. The Morgan fingerprint density at radius 3 is 3.12 bits per heavy atom. The lowest BCUT2D eigenvalue weighted by Crippen LogP contribution is -2.03. The van der Waals surface area contributed by atoms with Crippen molar-refractivity contribution >= 4 is 11.3 Å². The van der Waals surface area contributed by atoms with Gasteiger partial charge in [0.05, 0.1) is 22.8 Å². The van der Waals surface area contributed by atoms with Crippen LogP contribution in [-0.2, 0) is 6.54 Å². The van der Waals surface area contributed by atoms with Crippen molar-refractivity contribution in [3.05, 3.63) is 41.7 Å². The van der Waals surface area contributed by atoms with Crippen LogP contribution in [0.3, 0.4) is 0 Å². The normalized spacial score (nSPS) is 15.7. The number of nitrogens with zero attached hydrogens (tertiary/aromatic N) is 6.